The van der Waals surface area contributed by atoms with E-state index in [1.54, 1.807) is 74.3 Å². The fourth-order valence-electron chi connectivity index (χ4n) is 4.81. The SMILES string of the molecule is Cc1ccc(S(=O)(=O)N(C)C[C@H]2Oc3c(NC(=O)c4cc(C)nn4C)cccc3C(=O)N([C@H](C)CO)C[C@H]2C)cc1. The summed E-state index contributed by atoms with van der Waals surface area (Å²) in [6, 6.07) is 12.6. The van der Waals surface area contributed by atoms with Crippen LogP contribution in [0.4, 0.5) is 5.69 Å². The van der Waals surface area contributed by atoms with Crippen molar-refractivity contribution in [2.45, 2.75) is 44.7 Å². The van der Waals surface area contributed by atoms with E-state index < -0.39 is 28.1 Å². The summed E-state index contributed by atoms with van der Waals surface area (Å²) in [5.74, 6) is -0.998. The van der Waals surface area contributed by atoms with Crippen molar-refractivity contribution in [2.24, 2.45) is 13.0 Å². The van der Waals surface area contributed by atoms with Crippen LogP contribution in [0, 0.1) is 19.8 Å². The summed E-state index contributed by atoms with van der Waals surface area (Å²) in [5.41, 5.74) is 2.40. The Kier molecular flexibility index (Phi) is 8.86. The van der Waals surface area contributed by atoms with Gasteiger partial charge in [-0.25, -0.2) is 8.42 Å². The molecule has 220 valence electrons. The van der Waals surface area contributed by atoms with E-state index in [4.69, 9.17) is 4.74 Å². The van der Waals surface area contributed by atoms with Gasteiger partial charge in [0, 0.05) is 26.6 Å². The topological polar surface area (TPSA) is 134 Å². The number of ether oxygens (including phenoxy) is 1. The van der Waals surface area contributed by atoms with Crippen molar-refractivity contribution in [1.82, 2.24) is 19.0 Å². The number of aliphatic hydroxyl groups is 1. The number of fused-ring (bicyclic) bond motifs is 1. The van der Waals surface area contributed by atoms with Gasteiger partial charge in [0.2, 0.25) is 10.0 Å². The van der Waals surface area contributed by atoms with Crippen LogP contribution in [0.3, 0.4) is 0 Å². The highest BCUT2D eigenvalue weighted by molar-refractivity contribution is 7.89. The molecule has 0 saturated heterocycles. The molecule has 0 bridgehead atoms. The number of carbonyl (C=O) groups is 2. The molecule has 0 fully saturated rings. The summed E-state index contributed by atoms with van der Waals surface area (Å²) < 4.78 is 36.0. The molecule has 0 spiro atoms. The minimum atomic E-state index is -3.84. The van der Waals surface area contributed by atoms with E-state index in [1.165, 1.54) is 16.0 Å². The summed E-state index contributed by atoms with van der Waals surface area (Å²) in [5, 5.41) is 17.0. The van der Waals surface area contributed by atoms with E-state index >= 15 is 0 Å². The molecule has 3 aromatic rings. The van der Waals surface area contributed by atoms with Crippen LogP contribution in [0.25, 0.3) is 0 Å². The van der Waals surface area contributed by atoms with Crippen molar-refractivity contribution in [1.29, 1.82) is 0 Å². The lowest BCUT2D eigenvalue weighted by Gasteiger charge is -2.38. The minimum absolute atomic E-state index is 0.0183. The number of para-hydroxylation sites is 1. The molecule has 2 N–H and O–H groups in total. The number of rotatable bonds is 8. The number of likely N-dealkylation sites (N-methyl/N-ethyl adjacent to an activating group) is 1. The van der Waals surface area contributed by atoms with E-state index in [-0.39, 0.29) is 53.4 Å². The van der Waals surface area contributed by atoms with E-state index in [1.807, 2.05) is 13.8 Å². The third-order valence-corrected chi connectivity index (χ3v) is 9.18. The first kappa shape index (κ1) is 30.2. The fourth-order valence-corrected chi connectivity index (χ4v) is 5.99. The maximum Gasteiger partial charge on any atom is 0.274 e. The Morgan fingerprint density at radius 3 is 2.51 bits per heavy atom. The van der Waals surface area contributed by atoms with Crippen LogP contribution in [0.15, 0.2) is 53.4 Å². The first-order chi connectivity index (χ1) is 19.3. The van der Waals surface area contributed by atoms with Crippen molar-refractivity contribution >= 4 is 27.5 Å². The maximum atomic E-state index is 13.7. The van der Waals surface area contributed by atoms with E-state index in [9.17, 15) is 23.1 Å². The van der Waals surface area contributed by atoms with Gasteiger partial charge in [-0.15, -0.1) is 0 Å². The third kappa shape index (κ3) is 6.29. The predicted molar refractivity (Wildman–Crippen MR) is 154 cm³/mol. The predicted octanol–water partition coefficient (Wildman–Crippen LogP) is 2.83. The molecule has 2 aromatic carbocycles. The molecule has 41 heavy (non-hydrogen) atoms. The minimum Gasteiger partial charge on any atom is -0.486 e. The van der Waals surface area contributed by atoms with Gasteiger partial charge in [0.05, 0.1) is 41.0 Å². The molecule has 1 aromatic heterocycles. The van der Waals surface area contributed by atoms with E-state index in [2.05, 4.69) is 10.4 Å². The Balaban J connectivity index is 1.73. The van der Waals surface area contributed by atoms with Gasteiger partial charge in [0.25, 0.3) is 11.8 Å². The Bertz CT molecular complexity index is 1540. The second-order valence-electron chi connectivity index (χ2n) is 10.7. The number of aromatic nitrogens is 2. The van der Waals surface area contributed by atoms with Crippen molar-refractivity contribution in [3.8, 4) is 5.75 Å². The summed E-state index contributed by atoms with van der Waals surface area (Å²) in [4.78, 5) is 28.6. The molecule has 2 heterocycles. The lowest BCUT2D eigenvalue weighted by atomic mass is 9.99. The number of anilines is 1. The average Bonchev–Trinajstić information content (AvgIpc) is 3.28. The molecule has 4 rings (SSSR count). The van der Waals surface area contributed by atoms with Gasteiger partial charge in [-0.2, -0.15) is 9.40 Å². The number of nitrogens with one attached hydrogen (secondary N) is 1. The molecule has 1 aliphatic rings. The van der Waals surface area contributed by atoms with Crippen molar-refractivity contribution in [2.75, 3.05) is 32.1 Å². The number of carbonyl (C=O) groups excluding carboxylic acids is 2. The molecular weight excluding hydrogens is 546 g/mol. The number of hydrogen-bond donors (Lipinski definition) is 2. The van der Waals surface area contributed by atoms with Crippen LogP contribution in [0.5, 0.6) is 5.75 Å². The molecule has 0 saturated carbocycles. The molecule has 0 unspecified atom stereocenters. The lowest BCUT2D eigenvalue weighted by Crippen LogP contribution is -2.50. The van der Waals surface area contributed by atoms with Gasteiger partial charge in [0.1, 0.15) is 11.8 Å². The summed E-state index contributed by atoms with van der Waals surface area (Å²) in [7, 11) is -0.687. The number of nitrogens with zero attached hydrogens (tertiary/aromatic N) is 4. The smallest absolute Gasteiger partial charge is 0.274 e. The zero-order valence-electron chi connectivity index (χ0n) is 24.2. The number of hydrogen-bond acceptors (Lipinski definition) is 7. The van der Waals surface area contributed by atoms with Gasteiger partial charge >= 0.3 is 0 Å². The highest BCUT2D eigenvalue weighted by Gasteiger charge is 2.36. The monoisotopic (exact) mass is 583 g/mol. The van der Waals surface area contributed by atoms with Gasteiger partial charge < -0.3 is 20.1 Å². The highest BCUT2D eigenvalue weighted by Crippen LogP contribution is 2.35. The number of aryl methyl sites for hydroxylation is 3. The largest absolute Gasteiger partial charge is 0.486 e. The number of aliphatic hydroxyl groups excluding tert-OH is 1. The van der Waals surface area contributed by atoms with Crippen LogP contribution in [-0.4, -0.2) is 83.2 Å². The van der Waals surface area contributed by atoms with Crippen LogP contribution >= 0.6 is 0 Å². The number of benzene rings is 2. The Labute approximate surface area is 240 Å². The number of sulfonamides is 1. The van der Waals surface area contributed by atoms with Gasteiger partial charge in [0.15, 0.2) is 5.75 Å². The average molecular weight is 584 g/mol. The van der Waals surface area contributed by atoms with Crippen molar-refractivity contribution < 1.29 is 27.9 Å². The Hall–Kier alpha value is -3.74. The molecule has 12 heteroatoms. The number of amides is 2. The van der Waals surface area contributed by atoms with Gasteiger partial charge in [-0.05, 0) is 51.1 Å². The zero-order chi connectivity index (χ0) is 30.1. The standard InChI is InChI=1S/C29H37N5O6S/c1-18-10-12-22(13-11-18)41(38,39)32(5)16-26-19(2)15-34(21(4)17-35)29(37)23-8-7-9-24(27(23)40-26)30-28(36)25-14-20(3)31-33(25)6/h7-14,19,21,26,35H,15-17H2,1-6H3,(H,30,36)/t19-,21-,26-/m1/s1. The first-order valence-electron chi connectivity index (χ1n) is 13.4. The van der Waals surface area contributed by atoms with Crippen LogP contribution in [-0.2, 0) is 17.1 Å². The quantitative estimate of drug-likeness (QED) is 0.417. The second kappa shape index (κ2) is 12.0. The molecule has 0 radical (unpaired) electrons. The van der Waals surface area contributed by atoms with Gasteiger partial charge in [-0.3, -0.25) is 14.3 Å². The zero-order valence-corrected chi connectivity index (χ0v) is 25.0. The van der Waals surface area contributed by atoms with Crippen LogP contribution < -0.4 is 10.1 Å². The fraction of sp³-hybridized carbons (Fsp3) is 0.414. The van der Waals surface area contributed by atoms with E-state index in [0.29, 0.717) is 11.4 Å². The summed E-state index contributed by atoms with van der Waals surface area (Å²) in [6.45, 7) is 7.23. The maximum absolute atomic E-state index is 13.7. The molecule has 2 amide bonds. The molecule has 1 aliphatic heterocycles. The van der Waals surface area contributed by atoms with Crippen molar-refractivity contribution in [3.05, 3.63) is 71.0 Å². The normalized spacial score (nSPS) is 18.3. The second-order valence-corrected chi connectivity index (χ2v) is 12.7. The summed E-state index contributed by atoms with van der Waals surface area (Å²) >= 11 is 0. The van der Waals surface area contributed by atoms with Gasteiger partial charge in [-0.1, -0.05) is 30.7 Å². The van der Waals surface area contributed by atoms with Crippen LogP contribution in [0.2, 0.25) is 0 Å². The van der Waals surface area contributed by atoms with Crippen molar-refractivity contribution in [3.63, 3.8) is 0 Å². The Morgan fingerprint density at radius 1 is 1.22 bits per heavy atom. The third-order valence-electron chi connectivity index (χ3n) is 7.34. The highest BCUT2D eigenvalue weighted by atomic mass is 32.2. The van der Waals surface area contributed by atoms with E-state index in [0.717, 1.165) is 5.56 Å². The summed E-state index contributed by atoms with van der Waals surface area (Å²) in [6.07, 6.45) is -0.697. The molecule has 3 atom stereocenters. The van der Waals surface area contributed by atoms with Crippen LogP contribution in [0.1, 0.15) is 46.0 Å². The Morgan fingerprint density at radius 2 is 1.90 bits per heavy atom. The molecule has 0 aliphatic carbocycles. The lowest BCUT2D eigenvalue weighted by molar-refractivity contribution is 0.0388. The first-order valence-corrected chi connectivity index (χ1v) is 14.8. The molecule has 11 nitrogen and oxygen atoms in total. The molecular formula is C29H37N5O6S.